The summed E-state index contributed by atoms with van der Waals surface area (Å²) in [4.78, 5) is 13.9. The summed E-state index contributed by atoms with van der Waals surface area (Å²) in [6, 6.07) is 17.2. The molecule has 1 aliphatic rings. The maximum Gasteiger partial charge on any atom is 0.243 e. The highest BCUT2D eigenvalue weighted by molar-refractivity contribution is 8.24. The average Bonchev–Trinajstić information content (AvgIpc) is 2.94. The summed E-state index contributed by atoms with van der Waals surface area (Å²) in [5.41, 5.74) is 2.50. The number of azo groups is 1. The van der Waals surface area contributed by atoms with E-state index in [9.17, 15) is 4.79 Å². The fourth-order valence-corrected chi connectivity index (χ4v) is 3.83. The Morgan fingerprint density at radius 3 is 2.42 bits per heavy atom. The van der Waals surface area contributed by atoms with Crippen molar-refractivity contribution in [2.75, 3.05) is 18.4 Å². The molecule has 3 rings (SSSR count). The quantitative estimate of drug-likeness (QED) is 0.419. The van der Waals surface area contributed by atoms with Gasteiger partial charge in [-0.05, 0) is 36.4 Å². The van der Waals surface area contributed by atoms with E-state index in [4.69, 9.17) is 12.2 Å². The number of amides is 1. The number of thioether (sulfide) groups is 1. The van der Waals surface area contributed by atoms with Crippen LogP contribution in [0.15, 0.2) is 77.5 Å². The summed E-state index contributed by atoms with van der Waals surface area (Å²) in [6.45, 7) is 4.64. The van der Waals surface area contributed by atoms with E-state index in [-0.39, 0.29) is 11.2 Å². The fourth-order valence-electron chi connectivity index (χ4n) is 2.39. The molecule has 0 aromatic heterocycles. The molecule has 1 aliphatic heterocycles. The summed E-state index contributed by atoms with van der Waals surface area (Å²) in [5, 5.41) is 11.5. The maximum atomic E-state index is 12.3. The largest absolute Gasteiger partial charge is 0.383 e. The molecule has 1 N–H and O–H groups in total. The molecule has 2 aromatic carbocycles. The van der Waals surface area contributed by atoms with Crippen molar-refractivity contribution in [2.24, 2.45) is 10.2 Å². The summed E-state index contributed by atoms with van der Waals surface area (Å²) >= 11 is 6.66. The number of rotatable bonds is 7. The first-order chi connectivity index (χ1) is 12.7. The maximum absolute atomic E-state index is 12.3. The summed E-state index contributed by atoms with van der Waals surface area (Å²) < 4.78 is 0.610. The normalized spacial score (nSPS) is 17.1. The minimum atomic E-state index is -0.208. The number of carbonyl (C=O) groups excluding carboxylic acids is 1. The van der Waals surface area contributed by atoms with Crippen LogP contribution in [-0.2, 0) is 4.79 Å². The number of nitrogens with zero attached hydrogens (tertiary/aromatic N) is 3. The molecule has 0 bridgehead atoms. The lowest BCUT2D eigenvalue weighted by atomic mass is 10.2. The molecule has 1 fully saturated rings. The van der Waals surface area contributed by atoms with Crippen LogP contribution in [0.2, 0.25) is 0 Å². The van der Waals surface area contributed by atoms with Crippen LogP contribution in [0.25, 0.3) is 0 Å². The van der Waals surface area contributed by atoms with Crippen molar-refractivity contribution >= 4 is 51.3 Å². The number of carbonyl (C=O) groups is 1. The number of nitrogens with one attached hydrogen (secondary N) is 1. The van der Waals surface area contributed by atoms with Crippen molar-refractivity contribution in [2.45, 2.75) is 5.25 Å². The second kappa shape index (κ2) is 8.73. The van der Waals surface area contributed by atoms with E-state index >= 15 is 0 Å². The Morgan fingerprint density at radius 1 is 1.12 bits per heavy atom. The molecule has 1 heterocycles. The van der Waals surface area contributed by atoms with Crippen molar-refractivity contribution < 1.29 is 4.79 Å². The van der Waals surface area contributed by atoms with Crippen LogP contribution in [0.3, 0.4) is 0 Å². The van der Waals surface area contributed by atoms with E-state index in [2.05, 4.69) is 22.1 Å². The van der Waals surface area contributed by atoms with E-state index < -0.39 is 0 Å². The molecule has 0 spiro atoms. The summed E-state index contributed by atoms with van der Waals surface area (Å²) in [7, 11) is 0. The third-order valence-corrected chi connectivity index (χ3v) is 5.30. The summed E-state index contributed by atoms with van der Waals surface area (Å²) in [6.07, 6.45) is 1.68. The first-order valence-electron chi connectivity index (χ1n) is 8.11. The molecule has 0 aliphatic carbocycles. The Morgan fingerprint density at radius 2 is 1.77 bits per heavy atom. The third kappa shape index (κ3) is 4.56. The lowest BCUT2D eigenvalue weighted by Gasteiger charge is -2.13. The zero-order chi connectivity index (χ0) is 18.4. The van der Waals surface area contributed by atoms with Gasteiger partial charge >= 0.3 is 0 Å². The third-order valence-electron chi connectivity index (χ3n) is 3.71. The molecule has 1 atom stereocenters. The topological polar surface area (TPSA) is 57.1 Å². The highest BCUT2D eigenvalue weighted by Gasteiger charge is 2.35. The first kappa shape index (κ1) is 18.3. The Bertz CT molecular complexity index is 821. The van der Waals surface area contributed by atoms with Crippen molar-refractivity contribution in [1.29, 1.82) is 0 Å². The second-order valence-corrected chi connectivity index (χ2v) is 7.41. The molecule has 2 aromatic rings. The molecule has 26 heavy (non-hydrogen) atoms. The zero-order valence-electron chi connectivity index (χ0n) is 14.0. The van der Waals surface area contributed by atoms with Gasteiger partial charge in [0.2, 0.25) is 5.91 Å². The summed E-state index contributed by atoms with van der Waals surface area (Å²) in [5.74, 6) is 0.0284. The molecule has 7 heteroatoms. The van der Waals surface area contributed by atoms with E-state index in [0.29, 0.717) is 17.4 Å². The number of hydrogen-bond acceptors (Lipinski definition) is 6. The van der Waals surface area contributed by atoms with Gasteiger partial charge in [0.1, 0.15) is 9.57 Å². The standard InChI is InChI=1S/C19H18N4OS2/c1-2-12-23-18(24)17(26-19(23)25)13-20-14-8-10-16(11-9-14)22-21-15-6-4-3-5-7-15/h2-11,17,20H,1,12-13H2. The van der Waals surface area contributed by atoms with Crippen LogP contribution in [0.5, 0.6) is 0 Å². The van der Waals surface area contributed by atoms with Gasteiger partial charge in [0.15, 0.2) is 0 Å². The second-order valence-electron chi connectivity index (χ2n) is 5.57. The molecule has 1 unspecified atom stereocenters. The van der Waals surface area contributed by atoms with Crippen molar-refractivity contribution in [3.05, 3.63) is 67.3 Å². The molecule has 5 nitrogen and oxygen atoms in total. The number of anilines is 1. The molecule has 1 amide bonds. The minimum Gasteiger partial charge on any atom is -0.383 e. The van der Waals surface area contributed by atoms with Crippen LogP contribution >= 0.6 is 24.0 Å². The van der Waals surface area contributed by atoms with Gasteiger partial charge in [0.25, 0.3) is 0 Å². The van der Waals surface area contributed by atoms with Gasteiger partial charge in [0.05, 0.1) is 11.4 Å². The highest BCUT2D eigenvalue weighted by Crippen LogP contribution is 2.28. The van der Waals surface area contributed by atoms with E-state index in [1.165, 1.54) is 11.8 Å². The predicted molar refractivity (Wildman–Crippen MR) is 111 cm³/mol. The molecular formula is C19H18N4OS2. The molecular weight excluding hydrogens is 364 g/mol. The lowest BCUT2D eigenvalue weighted by molar-refractivity contribution is -0.125. The van der Waals surface area contributed by atoms with Gasteiger partial charge in [0, 0.05) is 18.8 Å². The van der Waals surface area contributed by atoms with E-state index in [1.807, 2.05) is 54.6 Å². The average molecular weight is 383 g/mol. The zero-order valence-corrected chi connectivity index (χ0v) is 15.7. The lowest BCUT2D eigenvalue weighted by Crippen LogP contribution is -2.34. The number of benzene rings is 2. The van der Waals surface area contributed by atoms with Gasteiger partial charge in [-0.25, -0.2) is 0 Å². The van der Waals surface area contributed by atoms with Crippen molar-refractivity contribution in [3.63, 3.8) is 0 Å². The monoisotopic (exact) mass is 382 g/mol. The fraction of sp³-hybridized carbons (Fsp3) is 0.158. The van der Waals surface area contributed by atoms with Gasteiger partial charge in [-0.1, -0.05) is 48.3 Å². The molecule has 1 saturated heterocycles. The highest BCUT2D eigenvalue weighted by atomic mass is 32.2. The Hall–Kier alpha value is -2.51. The van der Waals surface area contributed by atoms with Crippen LogP contribution in [0, 0.1) is 0 Å². The first-order valence-corrected chi connectivity index (χ1v) is 9.40. The Kier molecular flexibility index (Phi) is 6.14. The van der Waals surface area contributed by atoms with Crippen molar-refractivity contribution in [3.8, 4) is 0 Å². The predicted octanol–water partition coefficient (Wildman–Crippen LogP) is 4.93. The molecule has 0 saturated carbocycles. The van der Waals surface area contributed by atoms with Crippen molar-refractivity contribution in [1.82, 2.24) is 4.90 Å². The number of thiocarbonyl (C=S) groups is 1. The Labute approximate surface area is 162 Å². The van der Waals surface area contributed by atoms with E-state index in [1.54, 1.807) is 11.0 Å². The van der Waals surface area contributed by atoms with Crippen LogP contribution in [0.1, 0.15) is 0 Å². The SMILES string of the molecule is C=CCN1C(=O)C(CNc2ccc(N=Nc3ccccc3)cc2)SC1=S. The van der Waals surface area contributed by atoms with Gasteiger partial charge in [-0.3, -0.25) is 9.69 Å². The van der Waals surface area contributed by atoms with Gasteiger partial charge in [-0.15, -0.1) is 6.58 Å². The van der Waals surface area contributed by atoms with Gasteiger partial charge < -0.3 is 5.32 Å². The van der Waals surface area contributed by atoms with Crippen LogP contribution in [0.4, 0.5) is 17.1 Å². The smallest absolute Gasteiger partial charge is 0.243 e. The van der Waals surface area contributed by atoms with Crippen LogP contribution in [-0.4, -0.2) is 33.5 Å². The molecule has 0 radical (unpaired) electrons. The molecule has 132 valence electrons. The van der Waals surface area contributed by atoms with Gasteiger partial charge in [-0.2, -0.15) is 10.2 Å². The number of hydrogen-bond donors (Lipinski definition) is 1. The Balaban J connectivity index is 1.55. The van der Waals surface area contributed by atoms with Crippen LogP contribution < -0.4 is 5.32 Å². The minimum absolute atomic E-state index is 0.0284. The van der Waals surface area contributed by atoms with E-state index in [0.717, 1.165) is 17.1 Å².